The molecule has 1 aromatic heterocycles. The molecule has 0 aliphatic rings. The number of nitrogens with zero attached hydrogens (tertiary/aromatic N) is 2. The van der Waals surface area contributed by atoms with Gasteiger partial charge in [0.1, 0.15) is 0 Å². The second-order valence-corrected chi connectivity index (χ2v) is 3.48. The van der Waals surface area contributed by atoms with Gasteiger partial charge in [-0.25, -0.2) is 4.98 Å². The van der Waals surface area contributed by atoms with E-state index in [1.54, 1.807) is 25.5 Å². The summed E-state index contributed by atoms with van der Waals surface area (Å²) < 4.78 is 1.83. The molecule has 2 rings (SSSR count). The minimum Gasteiger partial charge on any atom is -0.306 e. The van der Waals surface area contributed by atoms with Gasteiger partial charge in [-0.15, -0.1) is 0 Å². The molecule has 3 heteroatoms. The lowest BCUT2D eigenvalue weighted by Crippen LogP contribution is -1.98. The molecule has 0 saturated heterocycles. The lowest BCUT2D eigenvalue weighted by Gasteiger charge is -2.07. The summed E-state index contributed by atoms with van der Waals surface area (Å²) in [5.74, 6) is 0.0209. The second kappa shape index (κ2) is 4.57. The van der Waals surface area contributed by atoms with Crippen LogP contribution in [0.25, 0.3) is 5.70 Å². The molecule has 0 N–H and O–H groups in total. The topological polar surface area (TPSA) is 34.9 Å². The highest BCUT2D eigenvalue weighted by Gasteiger charge is 2.04. The molecule has 80 valence electrons. The maximum Gasteiger partial charge on any atom is 0.154 e. The fraction of sp³-hybridized carbons (Fsp3) is 0.0769. The summed E-state index contributed by atoms with van der Waals surface area (Å²) in [5.41, 5.74) is 1.83. The molecule has 0 aliphatic heterocycles. The highest BCUT2D eigenvalue weighted by atomic mass is 16.1. The first kappa shape index (κ1) is 10.4. The molecule has 0 unspecified atom stereocenters. The number of benzene rings is 1. The molecule has 0 radical (unpaired) electrons. The van der Waals surface area contributed by atoms with E-state index in [9.17, 15) is 4.79 Å². The summed E-state index contributed by atoms with van der Waals surface area (Å²) >= 11 is 0. The van der Waals surface area contributed by atoms with Crippen molar-refractivity contribution in [3.8, 4) is 0 Å². The Morgan fingerprint density at radius 2 is 2.06 bits per heavy atom. The van der Waals surface area contributed by atoms with Crippen LogP contribution in [0.1, 0.15) is 12.5 Å². The fourth-order valence-electron chi connectivity index (χ4n) is 1.51. The zero-order chi connectivity index (χ0) is 11.4. The van der Waals surface area contributed by atoms with E-state index in [1.165, 1.54) is 0 Å². The summed E-state index contributed by atoms with van der Waals surface area (Å²) in [5, 5.41) is 0. The number of carbonyl (C=O) groups excluding carboxylic acids is 1. The first-order chi connectivity index (χ1) is 7.77. The van der Waals surface area contributed by atoms with Gasteiger partial charge in [-0.3, -0.25) is 4.79 Å². The zero-order valence-electron chi connectivity index (χ0n) is 9.00. The van der Waals surface area contributed by atoms with Gasteiger partial charge in [-0.05, 0) is 12.5 Å². The predicted octanol–water partition coefficient (Wildman–Crippen LogP) is 2.36. The van der Waals surface area contributed by atoms with Crippen molar-refractivity contribution in [2.24, 2.45) is 0 Å². The van der Waals surface area contributed by atoms with Crippen molar-refractivity contribution in [2.45, 2.75) is 6.92 Å². The Kier molecular flexibility index (Phi) is 2.96. The molecule has 1 heterocycles. The molecule has 16 heavy (non-hydrogen) atoms. The number of hydrogen-bond acceptors (Lipinski definition) is 2. The number of hydrogen-bond donors (Lipinski definition) is 0. The van der Waals surface area contributed by atoms with Crippen LogP contribution in [0, 0.1) is 0 Å². The van der Waals surface area contributed by atoms with E-state index in [2.05, 4.69) is 4.98 Å². The minimum atomic E-state index is 0.0209. The molecule has 0 fully saturated rings. The zero-order valence-corrected chi connectivity index (χ0v) is 9.00. The average molecular weight is 212 g/mol. The van der Waals surface area contributed by atoms with E-state index in [-0.39, 0.29) is 5.78 Å². The maximum absolute atomic E-state index is 11.2. The van der Waals surface area contributed by atoms with Crippen LogP contribution in [0.2, 0.25) is 0 Å². The lowest BCUT2D eigenvalue weighted by atomic mass is 10.1. The molecular formula is C13H12N2O. The Bertz CT molecular complexity index is 498. The van der Waals surface area contributed by atoms with Crippen LogP contribution >= 0.6 is 0 Å². The van der Waals surface area contributed by atoms with E-state index in [0.717, 1.165) is 11.3 Å². The van der Waals surface area contributed by atoms with Gasteiger partial charge >= 0.3 is 0 Å². The van der Waals surface area contributed by atoms with Crippen molar-refractivity contribution >= 4 is 11.5 Å². The molecule has 0 saturated carbocycles. The third-order valence-electron chi connectivity index (χ3n) is 2.19. The van der Waals surface area contributed by atoms with Crippen molar-refractivity contribution < 1.29 is 4.79 Å². The van der Waals surface area contributed by atoms with Crippen LogP contribution in [-0.2, 0) is 4.79 Å². The van der Waals surface area contributed by atoms with Gasteiger partial charge in [0.2, 0.25) is 0 Å². The van der Waals surface area contributed by atoms with Crippen LogP contribution in [0.3, 0.4) is 0 Å². The Morgan fingerprint density at radius 3 is 2.62 bits per heavy atom. The van der Waals surface area contributed by atoms with Crippen molar-refractivity contribution in [3.63, 3.8) is 0 Å². The van der Waals surface area contributed by atoms with Gasteiger partial charge in [-0.2, -0.15) is 0 Å². The number of imidazole rings is 1. The summed E-state index contributed by atoms with van der Waals surface area (Å²) in [6, 6.07) is 9.77. The normalized spacial score (nSPS) is 11.4. The summed E-state index contributed by atoms with van der Waals surface area (Å²) in [4.78, 5) is 15.2. The van der Waals surface area contributed by atoms with E-state index in [0.29, 0.717) is 0 Å². The molecule has 3 nitrogen and oxygen atoms in total. The molecule has 0 spiro atoms. The Labute approximate surface area is 94.1 Å². The Hall–Kier alpha value is -2.16. The predicted molar refractivity (Wildman–Crippen MR) is 62.7 cm³/mol. The fourth-order valence-corrected chi connectivity index (χ4v) is 1.51. The van der Waals surface area contributed by atoms with E-state index >= 15 is 0 Å². The number of carbonyl (C=O) groups is 1. The van der Waals surface area contributed by atoms with E-state index < -0.39 is 0 Å². The largest absolute Gasteiger partial charge is 0.306 e. The van der Waals surface area contributed by atoms with Gasteiger partial charge in [-0.1, -0.05) is 30.3 Å². The summed E-state index contributed by atoms with van der Waals surface area (Å²) in [6.45, 7) is 1.54. The summed E-state index contributed by atoms with van der Waals surface area (Å²) in [6.07, 6.45) is 6.80. The third kappa shape index (κ3) is 2.25. The number of rotatable bonds is 3. The first-order valence-corrected chi connectivity index (χ1v) is 5.03. The molecular weight excluding hydrogens is 200 g/mol. The van der Waals surface area contributed by atoms with Gasteiger partial charge in [0.25, 0.3) is 0 Å². The molecule has 0 amide bonds. The monoisotopic (exact) mass is 212 g/mol. The second-order valence-electron chi connectivity index (χ2n) is 3.48. The Morgan fingerprint density at radius 1 is 1.31 bits per heavy atom. The van der Waals surface area contributed by atoms with Crippen LogP contribution in [0.4, 0.5) is 0 Å². The lowest BCUT2D eigenvalue weighted by molar-refractivity contribution is -0.112. The number of ketones is 1. The highest BCUT2D eigenvalue weighted by Crippen LogP contribution is 2.16. The average Bonchev–Trinajstić information content (AvgIpc) is 2.80. The van der Waals surface area contributed by atoms with Crippen molar-refractivity contribution in [3.05, 3.63) is 60.7 Å². The maximum atomic E-state index is 11.2. The molecule has 1 aromatic carbocycles. The minimum absolute atomic E-state index is 0.0209. The highest BCUT2D eigenvalue weighted by molar-refractivity contribution is 5.95. The van der Waals surface area contributed by atoms with Crippen LogP contribution in [-0.4, -0.2) is 15.3 Å². The molecule has 0 aliphatic carbocycles. The smallest absolute Gasteiger partial charge is 0.154 e. The molecule has 2 aromatic rings. The van der Waals surface area contributed by atoms with Crippen molar-refractivity contribution in [1.29, 1.82) is 0 Å². The van der Waals surface area contributed by atoms with E-state index in [4.69, 9.17) is 0 Å². The third-order valence-corrected chi connectivity index (χ3v) is 2.19. The Balaban J connectivity index is 2.49. The molecule has 0 atom stereocenters. The van der Waals surface area contributed by atoms with Gasteiger partial charge in [0.05, 0.1) is 12.0 Å². The quantitative estimate of drug-likeness (QED) is 0.732. The van der Waals surface area contributed by atoms with Crippen molar-refractivity contribution in [1.82, 2.24) is 9.55 Å². The summed E-state index contributed by atoms with van der Waals surface area (Å²) in [7, 11) is 0. The van der Waals surface area contributed by atoms with E-state index in [1.807, 2.05) is 41.1 Å². The van der Waals surface area contributed by atoms with Crippen LogP contribution in [0.5, 0.6) is 0 Å². The van der Waals surface area contributed by atoms with Crippen LogP contribution < -0.4 is 0 Å². The SMILES string of the molecule is CC(=O)/C=C(\c1ccccc1)n1ccnc1. The van der Waals surface area contributed by atoms with Gasteiger partial charge < -0.3 is 4.57 Å². The first-order valence-electron chi connectivity index (χ1n) is 5.03. The molecule has 0 bridgehead atoms. The number of allylic oxidation sites excluding steroid dienone is 1. The van der Waals surface area contributed by atoms with Crippen LogP contribution in [0.15, 0.2) is 55.1 Å². The van der Waals surface area contributed by atoms with Gasteiger partial charge in [0.15, 0.2) is 5.78 Å². The standard InChI is InChI=1S/C13H12N2O/c1-11(16)9-13(15-8-7-14-10-15)12-5-3-2-4-6-12/h2-10H,1H3/b13-9+. The van der Waals surface area contributed by atoms with Gasteiger partial charge in [0, 0.05) is 18.5 Å². The number of aromatic nitrogens is 2. The van der Waals surface area contributed by atoms with Crippen molar-refractivity contribution in [2.75, 3.05) is 0 Å².